The van der Waals surface area contributed by atoms with Crippen LogP contribution in [0.1, 0.15) is 33.0 Å². The van der Waals surface area contributed by atoms with Crippen molar-refractivity contribution in [3.63, 3.8) is 0 Å². The summed E-state index contributed by atoms with van der Waals surface area (Å²) >= 11 is 6.07. The van der Waals surface area contributed by atoms with Crippen molar-refractivity contribution in [3.8, 4) is 0 Å². The van der Waals surface area contributed by atoms with E-state index in [1.54, 1.807) is 13.0 Å². The number of furan rings is 1. The van der Waals surface area contributed by atoms with Gasteiger partial charge in [0.2, 0.25) is 0 Å². The quantitative estimate of drug-likeness (QED) is 0.811. The maximum atomic E-state index is 11.2. The van der Waals surface area contributed by atoms with E-state index in [1.807, 2.05) is 32.0 Å². The lowest BCUT2D eigenvalue weighted by Crippen LogP contribution is -2.19. The van der Waals surface area contributed by atoms with Gasteiger partial charge in [-0.05, 0) is 19.1 Å². The van der Waals surface area contributed by atoms with Gasteiger partial charge >= 0.3 is 0 Å². The number of hydrogen-bond acceptors (Lipinski definition) is 2. The van der Waals surface area contributed by atoms with Gasteiger partial charge in [0.15, 0.2) is 5.58 Å². The molecule has 0 aliphatic heterocycles. The number of carbonyl (C=O) groups is 1. The predicted molar refractivity (Wildman–Crippen MR) is 69.5 cm³/mol. The highest BCUT2D eigenvalue weighted by Gasteiger charge is 2.26. The largest absolute Gasteiger partial charge is 0.459 e. The Kier molecular flexibility index (Phi) is 3.00. The van der Waals surface area contributed by atoms with Crippen molar-refractivity contribution in [1.29, 1.82) is 0 Å². The third-order valence-corrected chi connectivity index (χ3v) is 3.15. The normalized spacial score (nSPS) is 12.0. The van der Waals surface area contributed by atoms with E-state index in [9.17, 15) is 4.79 Å². The van der Waals surface area contributed by atoms with E-state index in [1.165, 1.54) is 0 Å². The second-order valence-electron chi connectivity index (χ2n) is 5.03. The molecule has 0 aliphatic carbocycles. The Morgan fingerprint density at radius 3 is 2.71 bits per heavy atom. The van der Waals surface area contributed by atoms with Crippen LogP contribution in [0.25, 0.3) is 11.0 Å². The number of rotatable bonds is 3. The highest BCUT2D eigenvalue weighted by Crippen LogP contribution is 2.34. The zero-order valence-electron chi connectivity index (χ0n) is 10.2. The number of Topliss-reactive ketones (excluding diaryl/α,β-unsaturated/α-hetero) is 1. The summed E-state index contributed by atoms with van der Waals surface area (Å²) in [5.41, 5.74) is 0.398. The Balaban J connectivity index is 2.49. The number of para-hydroxylation sites is 1. The van der Waals surface area contributed by atoms with Crippen LogP contribution < -0.4 is 0 Å². The van der Waals surface area contributed by atoms with Crippen molar-refractivity contribution < 1.29 is 9.21 Å². The zero-order chi connectivity index (χ0) is 12.6. The summed E-state index contributed by atoms with van der Waals surface area (Å²) in [6.45, 7) is 5.59. The maximum Gasteiger partial charge on any atom is 0.152 e. The van der Waals surface area contributed by atoms with Crippen molar-refractivity contribution in [1.82, 2.24) is 0 Å². The number of ketones is 1. The van der Waals surface area contributed by atoms with Crippen LogP contribution in [0.2, 0.25) is 5.02 Å². The van der Waals surface area contributed by atoms with E-state index in [2.05, 4.69) is 0 Å². The summed E-state index contributed by atoms with van der Waals surface area (Å²) in [5, 5.41) is 1.58. The van der Waals surface area contributed by atoms with Gasteiger partial charge in [-0.25, -0.2) is 0 Å². The Hall–Kier alpha value is -1.28. The van der Waals surface area contributed by atoms with E-state index in [4.69, 9.17) is 16.0 Å². The molecule has 1 heterocycles. The first kappa shape index (κ1) is 12.2. The second kappa shape index (κ2) is 4.19. The molecule has 0 radical (unpaired) electrons. The molecule has 2 rings (SSSR count). The summed E-state index contributed by atoms with van der Waals surface area (Å²) in [6, 6.07) is 7.61. The zero-order valence-corrected chi connectivity index (χ0v) is 11.0. The topological polar surface area (TPSA) is 30.2 Å². The van der Waals surface area contributed by atoms with Crippen LogP contribution in [0, 0.1) is 0 Å². The van der Waals surface area contributed by atoms with E-state index in [0.717, 1.165) is 11.1 Å². The molecule has 17 heavy (non-hydrogen) atoms. The fourth-order valence-electron chi connectivity index (χ4n) is 2.07. The summed E-state index contributed by atoms with van der Waals surface area (Å²) in [4.78, 5) is 11.2. The third-order valence-electron chi connectivity index (χ3n) is 2.85. The molecule has 0 aliphatic rings. The molecule has 0 amide bonds. The minimum Gasteiger partial charge on any atom is -0.459 e. The lowest BCUT2D eigenvalue weighted by Gasteiger charge is -2.19. The molecule has 0 fully saturated rings. The molecule has 0 saturated carbocycles. The second-order valence-corrected chi connectivity index (χ2v) is 5.44. The molecule has 2 aromatic rings. The van der Waals surface area contributed by atoms with Crippen LogP contribution in [-0.2, 0) is 10.2 Å². The van der Waals surface area contributed by atoms with Crippen LogP contribution in [0.4, 0.5) is 0 Å². The minimum absolute atomic E-state index is 0.154. The van der Waals surface area contributed by atoms with Gasteiger partial charge < -0.3 is 4.42 Å². The van der Waals surface area contributed by atoms with Crippen molar-refractivity contribution in [2.24, 2.45) is 0 Å². The van der Waals surface area contributed by atoms with Gasteiger partial charge in [0, 0.05) is 17.2 Å². The van der Waals surface area contributed by atoms with Gasteiger partial charge in [0.25, 0.3) is 0 Å². The number of hydrogen-bond donors (Lipinski definition) is 0. The number of benzene rings is 1. The Bertz CT molecular complexity index is 567. The van der Waals surface area contributed by atoms with Gasteiger partial charge in [0.05, 0.1) is 5.02 Å². The first-order valence-electron chi connectivity index (χ1n) is 5.58. The van der Waals surface area contributed by atoms with Crippen molar-refractivity contribution in [3.05, 3.63) is 35.0 Å². The van der Waals surface area contributed by atoms with E-state index < -0.39 is 0 Å². The average molecular weight is 251 g/mol. The predicted octanol–water partition coefficient (Wildman–Crippen LogP) is 4.34. The van der Waals surface area contributed by atoms with Gasteiger partial charge in [-0.2, -0.15) is 0 Å². The molecule has 1 aromatic carbocycles. The molecule has 2 nitrogen and oxygen atoms in total. The van der Waals surface area contributed by atoms with Crippen LogP contribution in [-0.4, -0.2) is 5.78 Å². The summed E-state index contributed by atoms with van der Waals surface area (Å²) < 4.78 is 5.78. The number of fused-ring (bicyclic) bond motifs is 1. The molecule has 0 atom stereocenters. The smallest absolute Gasteiger partial charge is 0.152 e. The lowest BCUT2D eigenvalue weighted by molar-refractivity contribution is -0.118. The first-order chi connectivity index (χ1) is 7.90. The summed E-state index contributed by atoms with van der Waals surface area (Å²) in [5.74, 6) is 0.956. The molecule has 0 N–H and O–H groups in total. The van der Waals surface area contributed by atoms with Crippen LogP contribution in [0.3, 0.4) is 0 Å². The molecular formula is C14H15ClO2. The van der Waals surface area contributed by atoms with Crippen LogP contribution in [0.15, 0.2) is 28.7 Å². The Morgan fingerprint density at radius 2 is 2.12 bits per heavy atom. The third kappa shape index (κ3) is 2.37. The van der Waals surface area contributed by atoms with Gasteiger partial charge in [-0.3, -0.25) is 4.79 Å². The standard InChI is InChI=1S/C14H15ClO2/c1-9(16)8-14(2,3)12-7-10-5-4-6-11(15)13(10)17-12/h4-7H,8H2,1-3H3. The highest BCUT2D eigenvalue weighted by molar-refractivity contribution is 6.34. The van der Waals surface area contributed by atoms with Crippen molar-refractivity contribution >= 4 is 28.4 Å². The molecule has 90 valence electrons. The van der Waals surface area contributed by atoms with Crippen LogP contribution in [0.5, 0.6) is 0 Å². The summed E-state index contributed by atoms with van der Waals surface area (Å²) in [6.07, 6.45) is 0.463. The fraction of sp³-hybridized carbons (Fsp3) is 0.357. The van der Waals surface area contributed by atoms with Gasteiger partial charge in [0.1, 0.15) is 11.5 Å². The van der Waals surface area contributed by atoms with E-state index >= 15 is 0 Å². The molecule has 0 saturated heterocycles. The average Bonchev–Trinajstić information content (AvgIpc) is 2.61. The summed E-state index contributed by atoms with van der Waals surface area (Å²) in [7, 11) is 0. The van der Waals surface area contributed by atoms with Gasteiger partial charge in [-0.15, -0.1) is 0 Å². The lowest BCUT2D eigenvalue weighted by atomic mass is 9.85. The molecule has 0 bridgehead atoms. The molecule has 1 aromatic heterocycles. The monoisotopic (exact) mass is 250 g/mol. The molecule has 0 spiro atoms. The van der Waals surface area contributed by atoms with Crippen molar-refractivity contribution in [2.45, 2.75) is 32.6 Å². The molecular weight excluding hydrogens is 236 g/mol. The first-order valence-corrected chi connectivity index (χ1v) is 5.96. The van der Waals surface area contributed by atoms with E-state index in [0.29, 0.717) is 17.0 Å². The highest BCUT2D eigenvalue weighted by atomic mass is 35.5. The van der Waals surface area contributed by atoms with Crippen molar-refractivity contribution in [2.75, 3.05) is 0 Å². The molecule has 0 unspecified atom stereocenters. The fourth-order valence-corrected chi connectivity index (χ4v) is 2.29. The van der Waals surface area contributed by atoms with E-state index in [-0.39, 0.29) is 11.2 Å². The Morgan fingerprint density at radius 1 is 1.41 bits per heavy atom. The number of carbonyl (C=O) groups excluding carboxylic acids is 1. The van der Waals surface area contributed by atoms with Gasteiger partial charge in [-0.1, -0.05) is 37.6 Å². The molecule has 3 heteroatoms. The Labute approximate surface area is 106 Å². The minimum atomic E-state index is -0.297. The number of halogens is 1. The SMILES string of the molecule is CC(=O)CC(C)(C)c1cc2cccc(Cl)c2o1. The van der Waals surface area contributed by atoms with Crippen LogP contribution >= 0.6 is 11.6 Å². The maximum absolute atomic E-state index is 11.2.